The predicted octanol–water partition coefficient (Wildman–Crippen LogP) is 1.58. The first-order valence-electron chi connectivity index (χ1n) is 8.71. The van der Waals surface area contributed by atoms with Crippen molar-refractivity contribution in [2.24, 2.45) is 0 Å². The van der Waals surface area contributed by atoms with E-state index in [1.54, 1.807) is 0 Å². The van der Waals surface area contributed by atoms with Crippen LogP contribution in [0.2, 0.25) is 0 Å². The molecule has 0 radical (unpaired) electrons. The molecule has 1 saturated heterocycles. The molecule has 1 aliphatic heterocycles. The summed E-state index contributed by atoms with van der Waals surface area (Å²) in [5.74, 6) is -2.36. The lowest BCUT2D eigenvalue weighted by Gasteiger charge is -2.33. The van der Waals surface area contributed by atoms with Crippen molar-refractivity contribution < 1.29 is 22.0 Å². The number of sulfonamides is 1. The first kappa shape index (κ1) is 20.7. The molecule has 1 amide bonds. The van der Waals surface area contributed by atoms with Gasteiger partial charge in [-0.05, 0) is 31.5 Å². The lowest BCUT2D eigenvalue weighted by molar-refractivity contribution is -0.123. The van der Waals surface area contributed by atoms with Crippen molar-refractivity contribution in [1.29, 1.82) is 0 Å². The van der Waals surface area contributed by atoms with Crippen LogP contribution < -0.4 is 5.32 Å². The molecular weight excluding hydrogens is 364 g/mol. The Bertz CT molecular complexity index is 735. The molecule has 1 aliphatic rings. The fraction of sp³-hybridized carbons (Fsp3) is 0.588. The molecule has 0 aromatic heterocycles. The number of piperazine rings is 1. The monoisotopic (exact) mass is 389 g/mol. The second-order valence-corrected chi connectivity index (χ2v) is 8.45. The van der Waals surface area contributed by atoms with Gasteiger partial charge in [0.05, 0.1) is 11.4 Å². The molecule has 2 rings (SSSR count). The number of nitrogens with one attached hydrogen (secondary N) is 1. The minimum atomic E-state index is -3.88. The number of nitrogens with zero attached hydrogens (tertiary/aromatic N) is 2. The van der Waals surface area contributed by atoms with E-state index in [4.69, 9.17) is 0 Å². The second kappa shape index (κ2) is 8.88. The molecule has 1 heterocycles. The average Bonchev–Trinajstić information content (AvgIpc) is 2.57. The Morgan fingerprint density at radius 2 is 1.85 bits per heavy atom. The lowest BCUT2D eigenvalue weighted by Crippen LogP contribution is -2.51. The second-order valence-electron chi connectivity index (χ2n) is 6.51. The largest absolute Gasteiger partial charge is 0.353 e. The maximum absolute atomic E-state index is 13.3. The zero-order valence-electron chi connectivity index (χ0n) is 15.0. The fourth-order valence-electron chi connectivity index (χ4n) is 2.94. The highest BCUT2D eigenvalue weighted by Gasteiger charge is 2.29. The lowest BCUT2D eigenvalue weighted by atomic mass is 10.2. The molecule has 1 aromatic carbocycles. The van der Waals surface area contributed by atoms with Crippen LogP contribution in [0.15, 0.2) is 23.1 Å². The molecule has 9 heteroatoms. The van der Waals surface area contributed by atoms with Gasteiger partial charge in [0.15, 0.2) is 11.6 Å². The molecule has 1 atom stereocenters. The van der Waals surface area contributed by atoms with Gasteiger partial charge >= 0.3 is 0 Å². The van der Waals surface area contributed by atoms with E-state index in [2.05, 4.69) is 12.2 Å². The molecule has 1 unspecified atom stereocenters. The third kappa shape index (κ3) is 5.21. The van der Waals surface area contributed by atoms with Gasteiger partial charge in [-0.15, -0.1) is 0 Å². The summed E-state index contributed by atoms with van der Waals surface area (Å²) in [5.41, 5.74) is 0. The number of rotatable bonds is 7. The maximum atomic E-state index is 13.3. The summed E-state index contributed by atoms with van der Waals surface area (Å²) in [6.45, 7) is 5.41. The van der Waals surface area contributed by atoms with E-state index in [1.807, 2.05) is 11.8 Å². The number of benzene rings is 1. The van der Waals surface area contributed by atoms with E-state index >= 15 is 0 Å². The van der Waals surface area contributed by atoms with E-state index in [0.29, 0.717) is 19.2 Å². The Morgan fingerprint density at radius 3 is 2.42 bits per heavy atom. The summed E-state index contributed by atoms with van der Waals surface area (Å²) in [6.07, 6.45) is 1.90. The summed E-state index contributed by atoms with van der Waals surface area (Å²) in [5, 5.41) is 2.92. The predicted molar refractivity (Wildman–Crippen MR) is 94.1 cm³/mol. The SMILES string of the molecule is CCCC(C)NC(=O)CN1CCN(S(=O)(=O)c2ccc(F)c(F)c2)CC1. The zero-order valence-corrected chi connectivity index (χ0v) is 15.9. The van der Waals surface area contributed by atoms with Gasteiger partial charge in [-0.25, -0.2) is 17.2 Å². The molecule has 146 valence electrons. The molecule has 0 aliphatic carbocycles. The van der Waals surface area contributed by atoms with Crippen molar-refractivity contribution in [3.8, 4) is 0 Å². The zero-order chi connectivity index (χ0) is 19.3. The molecule has 0 saturated carbocycles. The van der Waals surface area contributed by atoms with Crippen LogP contribution in [0, 0.1) is 11.6 Å². The summed E-state index contributed by atoms with van der Waals surface area (Å²) in [7, 11) is -3.88. The Balaban J connectivity index is 1.91. The van der Waals surface area contributed by atoms with Gasteiger partial charge in [-0.3, -0.25) is 9.69 Å². The van der Waals surface area contributed by atoms with Gasteiger partial charge in [-0.2, -0.15) is 4.31 Å². The fourth-order valence-corrected chi connectivity index (χ4v) is 4.38. The van der Waals surface area contributed by atoms with Gasteiger partial charge in [0.25, 0.3) is 0 Å². The highest BCUT2D eigenvalue weighted by atomic mass is 32.2. The maximum Gasteiger partial charge on any atom is 0.243 e. The molecule has 1 aromatic rings. The van der Waals surface area contributed by atoms with Crippen molar-refractivity contribution in [3.05, 3.63) is 29.8 Å². The van der Waals surface area contributed by atoms with E-state index in [-0.39, 0.29) is 36.5 Å². The van der Waals surface area contributed by atoms with Crippen LogP contribution in [-0.2, 0) is 14.8 Å². The summed E-state index contributed by atoms with van der Waals surface area (Å²) < 4.78 is 52.6. The van der Waals surface area contributed by atoms with E-state index in [1.165, 1.54) is 4.31 Å². The first-order valence-corrected chi connectivity index (χ1v) is 10.1. The van der Waals surface area contributed by atoms with Crippen molar-refractivity contribution in [1.82, 2.24) is 14.5 Å². The first-order chi connectivity index (χ1) is 12.2. The highest BCUT2D eigenvalue weighted by molar-refractivity contribution is 7.89. The molecule has 1 N–H and O–H groups in total. The molecule has 6 nitrogen and oxygen atoms in total. The summed E-state index contributed by atoms with van der Waals surface area (Å²) in [4.78, 5) is 13.6. The summed E-state index contributed by atoms with van der Waals surface area (Å²) in [6, 6.07) is 2.67. The van der Waals surface area contributed by atoms with E-state index in [9.17, 15) is 22.0 Å². The highest BCUT2D eigenvalue weighted by Crippen LogP contribution is 2.19. The third-order valence-electron chi connectivity index (χ3n) is 4.36. The van der Waals surface area contributed by atoms with Crippen LogP contribution in [0.3, 0.4) is 0 Å². The van der Waals surface area contributed by atoms with Gasteiger partial charge in [0, 0.05) is 32.2 Å². The van der Waals surface area contributed by atoms with Gasteiger partial charge in [0.1, 0.15) is 0 Å². The summed E-state index contributed by atoms with van der Waals surface area (Å²) >= 11 is 0. The molecule has 0 spiro atoms. The number of hydrogen-bond donors (Lipinski definition) is 1. The van der Waals surface area contributed by atoms with Crippen LogP contribution in [0.4, 0.5) is 8.78 Å². The molecule has 1 fully saturated rings. The molecule has 0 bridgehead atoms. The number of halogens is 2. The van der Waals surface area contributed by atoms with Crippen LogP contribution in [0.25, 0.3) is 0 Å². The Kier molecular flexibility index (Phi) is 7.08. The van der Waals surface area contributed by atoms with Crippen molar-refractivity contribution in [3.63, 3.8) is 0 Å². The number of carbonyl (C=O) groups is 1. The van der Waals surface area contributed by atoms with Crippen molar-refractivity contribution in [2.75, 3.05) is 32.7 Å². The normalized spacial score (nSPS) is 17.8. The Morgan fingerprint density at radius 1 is 1.19 bits per heavy atom. The molecule has 26 heavy (non-hydrogen) atoms. The van der Waals surface area contributed by atoms with Crippen LogP contribution in [0.1, 0.15) is 26.7 Å². The quantitative estimate of drug-likeness (QED) is 0.769. The van der Waals surface area contributed by atoms with Crippen LogP contribution >= 0.6 is 0 Å². The topological polar surface area (TPSA) is 69.7 Å². The minimum absolute atomic E-state index is 0.0807. The van der Waals surface area contributed by atoms with Crippen LogP contribution in [0.5, 0.6) is 0 Å². The van der Waals surface area contributed by atoms with Crippen molar-refractivity contribution in [2.45, 2.75) is 37.6 Å². The number of carbonyl (C=O) groups excluding carboxylic acids is 1. The standard InChI is InChI=1S/C17H25F2N3O3S/c1-3-4-13(2)20-17(23)12-21-7-9-22(10-8-21)26(24,25)14-5-6-15(18)16(19)11-14/h5-6,11,13H,3-4,7-10,12H2,1-2H3,(H,20,23). The van der Waals surface area contributed by atoms with E-state index < -0.39 is 21.7 Å². The minimum Gasteiger partial charge on any atom is -0.353 e. The molecular formula is C17H25F2N3O3S. The number of amides is 1. The smallest absolute Gasteiger partial charge is 0.243 e. The Hall–Kier alpha value is -1.58. The number of hydrogen-bond acceptors (Lipinski definition) is 4. The van der Waals surface area contributed by atoms with E-state index in [0.717, 1.165) is 25.0 Å². The average molecular weight is 389 g/mol. The van der Waals surface area contributed by atoms with Gasteiger partial charge < -0.3 is 5.32 Å². The van der Waals surface area contributed by atoms with Gasteiger partial charge in [0.2, 0.25) is 15.9 Å². The third-order valence-corrected chi connectivity index (χ3v) is 6.25. The van der Waals surface area contributed by atoms with Crippen LogP contribution in [-0.4, -0.2) is 62.3 Å². The Labute approximate surface area is 153 Å². The van der Waals surface area contributed by atoms with Crippen molar-refractivity contribution >= 4 is 15.9 Å². The van der Waals surface area contributed by atoms with Gasteiger partial charge in [-0.1, -0.05) is 13.3 Å².